The highest BCUT2D eigenvalue weighted by Gasteiger charge is 2.20. The van der Waals surface area contributed by atoms with Gasteiger partial charge in [0.2, 0.25) is 0 Å². The lowest BCUT2D eigenvalue weighted by Gasteiger charge is -2.19. The molecule has 0 unspecified atom stereocenters. The van der Waals surface area contributed by atoms with Crippen molar-refractivity contribution in [1.82, 2.24) is 9.97 Å². The van der Waals surface area contributed by atoms with Gasteiger partial charge in [-0.05, 0) is 27.7 Å². The van der Waals surface area contributed by atoms with E-state index in [1.165, 1.54) is 6.20 Å². The summed E-state index contributed by atoms with van der Waals surface area (Å²) in [5.41, 5.74) is 5.86. The minimum atomic E-state index is -0.518. The first kappa shape index (κ1) is 12.6. The summed E-state index contributed by atoms with van der Waals surface area (Å²) in [6, 6.07) is 0. The first-order valence-corrected chi connectivity index (χ1v) is 5.09. The predicted octanol–water partition coefficient (Wildman–Crippen LogP) is 1.20. The normalized spacial score (nSPS) is 11.3. The van der Waals surface area contributed by atoms with Crippen LogP contribution in [0.3, 0.4) is 0 Å². The fourth-order valence-electron chi connectivity index (χ4n) is 1.15. The average molecular weight is 223 g/mol. The summed E-state index contributed by atoms with van der Waals surface area (Å²) < 4.78 is 5.23. The topological polar surface area (TPSA) is 78.1 Å². The molecule has 0 spiro atoms. The average Bonchev–Trinajstić information content (AvgIpc) is 2.14. The number of carbonyl (C=O) groups is 1. The number of nitrogens with two attached hydrogens (primary N) is 1. The van der Waals surface area contributed by atoms with Crippen LogP contribution in [0.1, 0.15) is 42.6 Å². The molecule has 0 aromatic carbocycles. The fourth-order valence-corrected chi connectivity index (χ4v) is 1.15. The number of aryl methyl sites for hydroxylation is 1. The maximum Gasteiger partial charge on any atom is 0.342 e. The van der Waals surface area contributed by atoms with Crippen molar-refractivity contribution in [2.75, 3.05) is 0 Å². The van der Waals surface area contributed by atoms with E-state index in [0.29, 0.717) is 17.1 Å². The predicted molar refractivity (Wildman–Crippen MR) is 59.8 cm³/mol. The van der Waals surface area contributed by atoms with Gasteiger partial charge in [0.05, 0.1) is 17.8 Å². The summed E-state index contributed by atoms with van der Waals surface area (Å²) in [5, 5.41) is 0. The van der Waals surface area contributed by atoms with Gasteiger partial charge in [0.15, 0.2) is 0 Å². The third-order valence-electron chi connectivity index (χ3n) is 1.83. The molecule has 2 N–H and O–H groups in total. The van der Waals surface area contributed by atoms with Crippen LogP contribution in [0.2, 0.25) is 0 Å². The van der Waals surface area contributed by atoms with Gasteiger partial charge >= 0.3 is 5.97 Å². The summed E-state index contributed by atoms with van der Waals surface area (Å²) in [5.74, 6) is 0.110. The number of hydrogen-bond donors (Lipinski definition) is 1. The van der Waals surface area contributed by atoms with E-state index in [0.717, 1.165) is 0 Å². The Balaban J connectivity index is 2.93. The van der Waals surface area contributed by atoms with Gasteiger partial charge in [-0.15, -0.1) is 0 Å². The highest BCUT2D eigenvalue weighted by molar-refractivity contribution is 5.90. The molecule has 0 atom stereocenters. The van der Waals surface area contributed by atoms with Crippen molar-refractivity contribution < 1.29 is 9.53 Å². The third-order valence-corrected chi connectivity index (χ3v) is 1.83. The standard InChI is InChI=1S/C11H17N3O2/c1-7-8(6-13-9(5-12)14-7)10(15)16-11(2,3)4/h6H,5,12H2,1-4H3. The van der Waals surface area contributed by atoms with Crippen LogP contribution >= 0.6 is 0 Å². The summed E-state index contributed by atoms with van der Waals surface area (Å²) in [6.45, 7) is 7.44. The molecule has 0 amide bonds. The second-order valence-corrected chi connectivity index (χ2v) is 4.49. The van der Waals surface area contributed by atoms with Crippen molar-refractivity contribution in [3.8, 4) is 0 Å². The van der Waals surface area contributed by atoms with Crippen LogP contribution in [0.25, 0.3) is 0 Å². The summed E-state index contributed by atoms with van der Waals surface area (Å²) >= 11 is 0. The first-order valence-electron chi connectivity index (χ1n) is 5.09. The number of rotatable bonds is 2. The number of aromatic nitrogens is 2. The summed E-state index contributed by atoms with van der Waals surface area (Å²) in [6.07, 6.45) is 1.46. The minimum Gasteiger partial charge on any atom is -0.456 e. The highest BCUT2D eigenvalue weighted by Crippen LogP contribution is 2.13. The summed E-state index contributed by atoms with van der Waals surface area (Å²) in [7, 11) is 0. The van der Waals surface area contributed by atoms with Gasteiger partial charge in [-0.2, -0.15) is 0 Å². The van der Waals surface area contributed by atoms with Crippen molar-refractivity contribution in [2.24, 2.45) is 5.73 Å². The molecular formula is C11H17N3O2. The Morgan fingerprint density at radius 3 is 2.56 bits per heavy atom. The molecule has 0 saturated heterocycles. The van der Waals surface area contributed by atoms with E-state index in [1.54, 1.807) is 6.92 Å². The molecule has 0 fully saturated rings. The van der Waals surface area contributed by atoms with Gasteiger partial charge in [-0.25, -0.2) is 14.8 Å². The minimum absolute atomic E-state index is 0.259. The van der Waals surface area contributed by atoms with Crippen LogP contribution in [0.4, 0.5) is 0 Å². The molecule has 16 heavy (non-hydrogen) atoms. The number of ether oxygens (including phenoxy) is 1. The molecule has 1 rings (SSSR count). The Labute approximate surface area is 95.0 Å². The van der Waals surface area contributed by atoms with E-state index in [1.807, 2.05) is 20.8 Å². The highest BCUT2D eigenvalue weighted by atomic mass is 16.6. The molecule has 88 valence electrons. The lowest BCUT2D eigenvalue weighted by molar-refractivity contribution is 0.00677. The first-order chi connectivity index (χ1) is 7.33. The Bertz CT molecular complexity index is 397. The van der Waals surface area contributed by atoms with E-state index in [2.05, 4.69) is 9.97 Å². The van der Waals surface area contributed by atoms with Gasteiger partial charge in [0.25, 0.3) is 0 Å². The molecule has 0 aliphatic heterocycles. The fraction of sp³-hybridized carbons (Fsp3) is 0.545. The van der Waals surface area contributed by atoms with Crippen LogP contribution in [-0.4, -0.2) is 21.5 Å². The Kier molecular flexibility index (Phi) is 3.59. The number of hydrogen-bond acceptors (Lipinski definition) is 5. The number of esters is 1. The van der Waals surface area contributed by atoms with Crippen LogP contribution < -0.4 is 5.73 Å². The Morgan fingerprint density at radius 2 is 2.12 bits per heavy atom. The van der Waals surface area contributed by atoms with Crippen molar-refractivity contribution in [3.05, 3.63) is 23.3 Å². The van der Waals surface area contributed by atoms with E-state index in [9.17, 15) is 4.79 Å². The van der Waals surface area contributed by atoms with Crippen LogP contribution in [0.15, 0.2) is 6.20 Å². The molecule has 0 radical (unpaired) electrons. The largest absolute Gasteiger partial charge is 0.456 e. The molecule has 1 aromatic heterocycles. The quantitative estimate of drug-likeness (QED) is 0.762. The van der Waals surface area contributed by atoms with Crippen LogP contribution in [-0.2, 0) is 11.3 Å². The van der Waals surface area contributed by atoms with Gasteiger partial charge in [-0.3, -0.25) is 0 Å². The molecule has 0 bridgehead atoms. The Hall–Kier alpha value is -1.49. The van der Waals surface area contributed by atoms with E-state index >= 15 is 0 Å². The van der Waals surface area contributed by atoms with Crippen molar-refractivity contribution >= 4 is 5.97 Å². The molecule has 0 saturated carbocycles. The molecular weight excluding hydrogens is 206 g/mol. The zero-order valence-corrected chi connectivity index (χ0v) is 10.1. The van der Waals surface area contributed by atoms with Gasteiger partial charge < -0.3 is 10.5 Å². The molecule has 1 heterocycles. The van der Waals surface area contributed by atoms with Crippen LogP contribution in [0.5, 0.6) is 0 Å². The second kappa shape index (κ2) is 4.57. The maximum absolute atomic E-state index is 11.7. The van der Waals surface area contributed by atoms with E-state index in [-0.39, 0.29) is 6.54 Å². The molecule has 1 aromatic rings. The lowest BCUT2D eigenvalue weighted by atomic mass is 10.2. The van der Waals surface area contributed by atoms with Crippen molar-refractivity contribution in [3.63, 3.8) is 0 Å². The monoisotopic (exact) mass is 223 g/mol. The maximum atomic E-state index is 11.7. The SMILES string of the molecule is Cc1nc(CN)ncc1C(=O)OC(C)(C)C. The molecule has 5 heteroatoms. The zero-order chi connectivity index (χ0) is 12.3. The van der Waals surface area contributed by atoms with E-state index < -0.39 is 11.6 Å². The van der Waals surface area contributed by atoms with Gasteiger partial charge in [-0.1, -0.05) is 0 Å². The van der Waals surface area contributed by atoms with Gasteiger partial charge in [0.1, 0.15) is 11.4 Å². The second-order valence-electron chi connectivity index (χ2n) is 4.49. The molecule has 0 aliphatic rings. The Morgan fingerprint density at radius 1 is 1.50 bits per heavy atom. The van der Waals surface area contributed by atoms with Crippen LogP contribution in [0, 0.1) is 6.92 Å². The third kappa shape index (κ3) is 3.27. The zero-order valence-electron chi connectivity index (χ0n) is 10.1. The lowest BCUT2D eigenvalue weighted by Crippen LogP contribution is -2.25. The van der Waals surface area contributed by atoms with Crippen molar-refractivity contribution in [1.29, 1.82) is 0 Å². The number of carbonyl (C=O) groups excluding carboxylic acids is 1. The smallest absolute Gasteiger partial charge is 0.342 e. The van der Waals surface area contributed by atoms with Gasteiger partial charge in [0, 0.05) is 6.20 Å². The van der Waals surface area contributed by atoms with E-state index in [4.69, 9.17) is 10.5 Å². The van der Waals surface area contributed by atoms with Crippen molar-refractivity contribution in [2.45, 2.75) is 39.8 Å². The molecule has 0 aliphatic carbocycles. The number of nitrogens with zero attached hydrogens (tertiary/aromatic N) is 2. The molecule has 5 nitrogen and oxygen atoms in total. The summed E-state index contributed by atoms with van der Waals surface area (Å²) in [4.78, 5) is 19.8.